The van der Waals surface area contributed by atoms with Crippen molar-refractivity contribution in [3.05, 3.63) is 29.4 Å². The van der Waals surface area contributed by atoms with Crippen molar-refractivity contribution in [2.24, 2.45) is 0 Å². The van der Waals surface area contributed by atoms with E-state index in [0.717, 1.165) is 6.07 Å². The fourth-order valence-corrected chi connectivity index (χ4v) is 2.65. The van der Waals surface area contributed by atoms with Crippen LogP contribution in [-0.2, 0) is 22.3 Å². The molecule has 0 bridgehead atoms. The van der Waals surface area contributed by atoms with Crippen LogP contribution in [0.2, 0.25) is 0 Å². The standard InChI is InChI=1S/C16H15F4N3O4/c1-8-6-26-12-4-9(14-21-15(27-22-14)16(18,19)20)3-11(17)10(12)5-23(8)13(24)7-25-2/h3-4,8H,5-7H2,1-2H3/t8-/m0/s1. The molecule has 11 heteroatoms. The predicted octanol–water partition coefficient (Wildman–Crippen LogP) is 2.65. The minimum atomic E-state index is -4.80. The number of hydrogen-bond acceptors (Lipinski definition) is 6. The van der Waals surface area contributed by atoms with E-state index in [1.807, 2.05) is 0 Å². The number of nitrogens with zero attached hydrogens (tertiary/aromatic N) is 3. The Bertz CT molecular complexity index is 853. The van der Waals surface area contributed by atoms with Crippen LogP contribution in [0.3, 0.4) is 0 Å². The lowest BCUT2D eigenvalue weighted by molar-refractivity contribution is -0.159. The third-order valence-corrected chi connectivity index (χ3v) is 4.01. The minimum Gasteiger partial charge on any atom is -0.491 e. The van der Waals surface area contributed by atoms with Crippen molar-refractivity contribution in [1.82, 2.24) is 15.0 Å². The van der Waals surface area contributed by atoms with Gasteiger partial charge < -0.3 is 18.9 Å². The van der Waals surface area contributed by atoms with Crippen molar-refractivity contribution in [2.75, 3.05) is 20.3 Å². The average Bonchev–Trinajstić information content (AvgIpc) is 3.03. The first-order chi connectivity index (χ1) is 12.7. The summed E-state index contributed by atoms with van der Waals surface area (Å²) in [6.45, 7) is 1.58. The van der Waals surface area contributed by atoms with Crippen LogP contribution in [0.1, 0.15) is 18.4 Å². The molecule has 1 aromatic heterocycles. The van der Waals surface area contributed by atoms with Gasteiger partial charge in [0.15, 0.2) is 0 Å². The van der Waals surface area contributed by atoms with Crippen molar-refractivity contribution < 1.29 is 36.4 Å². The van der Waals surface area contributed by atoms with Crippen molar-refractivity contribution >= 4 is 5.91 Å². The third kappa shape index (κ3) is 3.87. The molecule has 0 aliphatic carbocycles. The Balaban J connectivity index is 1.95. The summed E-state index contributed by atoms with van der Waals surface area (Å²) < 4.78 is 67.0. The first-order valence-corrected chi connectivity index (χ1v) is 7.85. The molecule has 0 N–H and O–H groups in total. The molecule has 0 saturated heterocycles. The maximum Gasteiger partial charge on any atom is 0.471 e. The number of benzene rings is 1. The summed E-state index contributed by atoms with van der Waals surface area (Å²) in [6, 6.07) is 1.94. The molecule has 1 aromatic carbocycles. The summed E-state index contributed by atoms with van der Waals surface area (Å²) in [5.41, 5.74) is 0.0712. The lowest BCUT2D eigenvalue weighted by Gasteiger charge is -2.26. The highest BCUT2D eigenvalue weighted by molar-refractivity contribution is 5.78. The Labute approximate surface area is 150 Å². The Morgan fingerprint density at radius 1 is 1.41 bits per heavy atom. The number of alkyl halides is 3. The largest absolute Gasteiger partial charge is 0.491 e. The zero-order valence-electron chi connectivity index (χ0n) is 14.3. The summed E-state index contributed by atoms with van der Waals surface area (Å²) in [6.07, 6.45) is -4.80. The van der Waals surface area contributed by atoms with Crippen LogP contribution in [0.15, 0.2) is 16.7 Å². The van der Waals surface area contributed by atoms with Crippen LogP contribution >= 0.6 is 0 Å². The Morgan fingerprint density at radius 3 is 2.78 bits per heavy atom. The Hall–Kier alpha value is -2.69. The highest BCUT2D eigenvalue weighted by atomic mass is 19.4. The molecule has 0 spiro atoms. The number of fused-ring (bicyclic) bond motifs is 1. The van der Waals surface area contributed by atoms with E-state index in [4.69, 9.17) is 9.47 Å². The predicted molar refractivity (Wildman–Crippen MR) is 82.1 cm³/mol. The van der Waals surface area contributed by atoms with E-state index in [2.05, 4.69) is 14.7 Å². The van der Waals surface area contributed by atoms with E-state index >= 15 is 0 Å². The normalized spacial score (nSPS) is 17.3. The molecule has 27 heavy (non-hydrogen) atoms. The number of hydrogen-bond donors (Lipinski definition) is 0. The van der Waals surface area contributed by atoms with Gasteiger partial charge in [-0.1, -0.05) is 5.16 Å². The van der Waals surface area contributed by atoms with Crippen molar-refractivity contribution in [1.29, 1.82) is 0 Å². The molecule has 0 radical (unpaired) electrons. The van der Waals surface area contributed by atoms with E-state index < -0.39 is 23.7 Å². The first kappa shape index (κ1) is 19.1. The maximum absolute atomic E-state index is 14.6. The number of halogens is 4. The molecule has 7 nitrogen and oxygen atoms in total. The Morgan fingerprint density at radius 2 is 2.15 bits per heavy atom. The highest BCUT2D eigenvalue weighted by Gasteiger charge is 2.38. The average molecular weight is 389 g/mol. The zero-order valence-corrected chi connectivity index (χ0v) is 14.3. The second-order valence-electron chi connectivity index (χ2n) is 5.97. The van der Waals surface area contributed by atoms with E-state index in [0.29, 0.717) is 0 Å². The van der Waals surface area contributed by atoms with Crippen LogP contribution in [0.4, 0.5) is 17.6 Å². The lowest BCUT2D eigenvalue weighted by atomic mass is 10.1. The van der Waals surface area contributed by atoms with Gasteiger partial charge in [0.25, 0.3) is 0 Å². The summed E-state index contributed by atoms with van der Waals surface area (Å²) in [5.74, 6) is -2.94. The van der Waals surface area contributed by atoms with Gasteiger partial charge in [-0.05, 0) is 19.1 Å². The summed E-state index contributed by atoms with van der Waals surface area (Å²) >= 11 is 0. The van der Waals surface area contributed by atoms with Crippen LogP contribution < -0.4 is 4.74 Å². The second-order valence-corrected chi connectivity index (χ2v) is 5.97. The molecule has 2 aromatic rings. The molecular formula is C16H15F4N3O4. The first-order valence-electron chi connectivity index (χ1n) is 7.85. The smallest absolute Gasteiger partial charge is 0.471 e. The number of amides is 1. The van der Waals surface area contributed by atoms with Crippen LogP contribution in [0, 0.1) is 5.82 Å². The molecule has 2 heterocycles. The van der Waals surface area contributed by atoms with Crippen molar-refractivity contribution in [2.45, 2.75) is 25.7 Å². The number of rotatable bonds is 3. The van der Waals surface area contributed by atoms with Crippen LogP contribution in [-0.4, -0.2) is 47.3 Å². The fraction of sp³-hybridized carbons (Fsp3) is 0.438. The number of ether oxygens (including phenoxy) is 2. The van der Waals surface area contributed by atoms with Crippen LogP contribution in [0.5, 0.6) is 5.75 Å². The number of methoxy groups -OCH3 is 1. The van der Waals surface area contributed by atoms with Gasteiger partial charge >= 0.3 is 12.1 Å². The molecule has 1 aliphatic heterocycles. The van der Waals surface area contributed by atoms with Gasteiger partial charge in [0.1, 0.15) is 24.8 Å². The second kappa shape index (κ2) is 7.14. The van der Waals surface area contributed by atoms with Gasteiger partial charge in [-0.2, -0.15) is 18.2 Å². The van der Waals surface area contributed by atoms with E-state index in [9.17, 15) is 22.4 Å². The summed E-state index contributed by atoms with van der Waals surface area (Å²) in [4.78, 5) is 16.8. The fourth-order valence-electron chi connectivity index (χ4n) is 2.65. The molecule has 1 amide bonds. The highest BCUT2D eigenvalue weighted by Crippen LogP contribution is 2.34. The number of carbonyl (C=O) groups is 1. The van der Waals surface area contributed by atoms with Crippen LogP contribution in [0.25, 0.3) is 11.4 Å². The van der Waals surface area contributed by atoms with Gasteiger partial charge in [-0.25, -0.2) is 4.39 Å². The van der Waals surface area contributed by atoms with Gasteiger partial charge in [0.2, 0.25) is 11.7 Å². The van der Waals surface area contributed by atoms with Gasteiger partial charge in [-0.3, -0.25) is 4.79 Å². The molecule has 0 saturated carbocycles. The topological polar surface area (TPSA) is 77.7 Å². The van der Waals surface area contributed by atoms with E-state index in [1.165, 1.54) is 18.1 Å². The maximum atomic E-state index is 14.6. The quantitative estimate of drug-likeness (QED) is 0.752. The summed E-state index contributed by atoms with van der Waals surface area (Å²) in [5, 5.41) is 3.24. The van der Waals surface area contributed by atoms with Gasteiger partial charge in [-0.15, -0.1) is 0 Å². The monoisotopic (exact) mass is 389 g/mol. The molecule has 1 atom stereocenters. The molecule has 146 valence electrons. The lowest BCUT2D eigenvalue weighted by Crippen LogP contribution is -2.41. The SMILES string of the molecule is COCC(=O)N1Cc2c(F)cc(-c3noc(C(F)(F)F)n3)cc2OC[C@@H]1C. The number of carbonyl (C=O) groups excluding carboxylic acids is 1. The minimum absolute atomic E-state index is 0.0326. The summed E-state index contributed by atoms with van der Waals surface area (Å²) in [7, 11) is 1.37. The molecule has 3 rings (SSSR count). The van der Waals surface area contributed by atoms with Gasteiger partial charge in [0, 0.05) is 18.2 Å². The molecule has 0 unspecified atom stereocenters. The molecular weight excluding hydrogens is 374 g/mol. The molecule has 1 aliphatic rings. The Kier molecular flexibility index (Phi) is 5.05. The van der Waals surface area contributed by atoms with E-state index in [-0.39, 0.29) is 48.6 Å². The zero-order chi connectivity index (χ0) is 19.8. The molecule has 0 fully saturated rings. The van der Waals surface area contributed by atoms with Crippen molar-refractivity contribution in [3.8, 4) is 17.1 Å². The van der Waals surface area contributed by atoms with E-state index in [1.54, 1.807) is 6.92 Å². The third-order valence-electron chi connectivity index (χ3n) is 4.01. The number of aromatic nitrogens is 2. The van der Waals surface area contributed by atoms with Gasteiger partial charge in [0.05, 0.1) is 12.6 Å². The van der Waals surface area contributed by atoms with Crippen molar-refractivity contribution in [3.63, 3.8) is 0 Å².